The Balaban J connectivity index is 1.97. The molecule has 0 aromatic carbocycles. The first-order valence-corrected chi connectivity index (χ1v) is 8.19. The average molecular weight is 286 g/mol. The van der Waals surface area contributed by atoms with Gasteiger partial charge in [-0.05, 0) is 31.2 Å². The third-order valence-electron chi connectivity index (χ3n) is 3.90. The Hall–Kier alpha value is -0.920. The summed E-state index contributed by atoms with van der Waals surface area (Å²) < 4.78 is 28.3. The van der Waals surface area contributed by atoms with Crippen LogP contribution in [0.5, 0.6) is 0 Å². The number of nitrogens with zero attached hydrogens (tertiary/aromatic N) is 2. The summed E-state index contributed by atoms with van der Waals surface area (Å²) in [6.45, 7) is 1.11. The number of nitrogens with one attached hydrogen (secondary N) is 1. The Labute approximate surface area is 114 Å². The molecule has 0 radical (unpaired) electrons. The Morgan fingerprint density at radius 2 is 2.11 bits per heavy atom. The summed E-state index contributed by atoms with van der Waals surface area (Å²) in [5, 5.41) is 3.89. The first-order chi connectivity index (χ1) is 9.03. The van der Waals surface area contributed by atoms with E-state index in [2.05, 4.69) is 9.82 Å². The molecule has 2 atom stereocenters. The van der Waals surface area contributed by atoms with Crippen LogP contribution in [0.4, 0.5) is 0 Å². The number of aromatic nitrogens is 2. The van der Waals surface area contributed by atoms with Gasteiger partial charge in [-0.1, -0.05) is 12.8 Å². The molecule has 0 bridgehead atoms. The van der Waals surface area contributed by atoms with Gasteiger partial charge in [0.15, 0.2) is 0 Å². The molecule has 1 aliphatic rings. The van der Waals surface area contributed by atoms with Crippen LogP contribution in [0.3, 0.4) is 0 Å². The van der Waals surface area contributed by atoms with Gasteiger partial charge in [0, 0.05) is 19.8 Å². The molecule has 0 aliphatic heterocycles. The Kier molecular flexibility index (Phi) is 4.59. The fraction of sp³-hybridized carbons (Fsp3) is 0.750. The quantitative estimate of drug-likeness (QED) is 0.823. The molecule has 19 heavy (non-hydrogen) atoms. The molecular formula is C12H22N4O2S. The van der Waals surface area contributed by atoms with Crippen molar-refractivity contribution >= 4 is 10.0 Å². The van der Waals surface area contributed by atoms with Crippen molar-refractivity contribution < 1.29 is 8.42 Å². The lowest BCUT2D eigenvalue weighted by atomic mass is 9.79. The van der Waals surface area contributed by atoms with E-state index in [-0.39, 0.29) is 4.90 Å². The van der Waals surface area contributed by atoms with Crippen molar-refractivity contribution in [3.63, 3.8) is 0 Å². The number of nitrogens with two attached hydrogens (primary N) is 1. The van der Waals surface area contributed by atoms with Crippen LogP contribution in [-0.2, 0) is 17.1 Å². The molecule has 1 fully saturated rings. The highest BCUT2D eigenvalue weighted by Crippen LogP contribution is 2.29. The van der Waals surface area contributed by atoms with E-state index in [0.29, 0.717) is 24.9 Å². The van der Waals surface area contributed by atoms with Crippen LogP contribution < -0.4 is 10.5 Å². The minimum absolute atomic E-state index is 0.218. The number of aryl methyl sites for hydroxylation is 1. The van der Waals surface area contributed by atoms with Crippen LogP contribution in [0.2, 0.25) is 0 Å². The van der Waals surface area contributed by atoms with E-state index in [1.165, 1.54) is 23.5 Å². The van der Waals surface area contributed by atoms with Crippen LogP contribution >= 0.6 is 0 Å². The van der Waals surface area contributed by atoms with E-state index < -0.39 is 10.0 Å². The SMILES string of the molecule is Cn1cc(S(=O)(=O)NCC2CCCCC2CN)cn1. The van der Waals surface area contributed by atoms with E-state index in [9.17, 15) is 8.42 Å². The highest BCUT2D eigenvalue weighted by Gasteiger charge is 2.26. The van der Waals surface area contributed by atoms with Gasteiger partial charge >= 0.3 is 0 Å². The minimum Gasteiger partial charge on any atom is -0.330 e. The third kappa shape index (κ3) is 3.55. The van der Waals surface area contributed by atoms with E-state index in [1.54, 1.807) is 7.05 Å². The first-order valence-electron chi connectivity index (χ1n) is 6.71. The predicted octanol–water partition coefficient (Wildman–Crippen LogP) is 0.464. The van der Waals surface area contributed by atoms with Crippen LogP contribution in [-0.4, -0.2) is 31.3 Å². The second kappa shape index (κ2) is 6.02. The lowest BCUT2D eigenvalue weighted by Crippen LogP contribution is -2.36. The average Bonchev–Trinajstić information content (AvgIpc) is 2.84. The molecule has 0 saturated heterocycles. The summed E-state index contributed by atoms with van der Waals surface area (Å²) in [7, 11) is -1.75. The summed E-state index contributed by atoms with van der Waals surface area (Å²) in [5.74, 6) is 0.788. The van der Waals surface area contributed by atoms with Crippen molar-refractivity contribution in [2.45, 2.75) is 30.6 Å². The molecule has 1 saturated carbocycles. The summed E-state index contributed by atoms with van der Waals surface area (Å²) in [6.07, 6.45) is 7.39. The lowest BCUT2D eigenvalue weighted by Gasteiger charge is -2.30. The molecule has 1 aromatic rings. The number of rotatable bonds is 5. The van der Waals surface area contributed by atoms with Crippen molar-refractivity contribution in [3.05, 3.63) is 12.4 Å². The maximum atomic E-state index is 12.1. The summed E-state index contributed by atoms with van der Waals surface area (Å²) in [6, 6.07) is 0. The molecule has 3 N–H and O–H groups in total. The topological polar surface area (TPSA) is 90.0 Å². The van der Waals surface area contributed by atoms with Crippen molar-refractivity contribution in [2.24, 2.45) is 24.6 Å². The fourth-order valence-electron chi connectivity index (χ4n) is 2.70. The van der Waals surface area contributed by atoms with Gasteiger partial charge in [0.25, 0.3) is 0 Å². The van der Waals surface area contributed by atoms with Crippen molar-refractivity contribution in [1.82, 2.24) is 14.5 Å². The summed E-state index contributed by atoms with van der Waals surface area (Å²) in [4.78, 5) is 0.218. The van der Waals surface area contributed by atoms with Crippen LogP contribution in [0.25, 0.3) is 0 Å². The summed E-state index contributed by atoms with van der Waals surface area (Å²) >= 11 is 0. The number of hydrogen-bond acceptors (Lipinski definition) is 4. The van der Waals surface area contributed by atoms with Crippen LogP contribution in [0, 0.1) is 11.8 Å². The molecular weight excluding hydrogens is 264 g/mol. The smallest absolute Gasteiger partial charge is 0.243 e. The van der Waals surface area contributed by atoms with E-state index in [4.69, 9.17) is 5.73 Å². The van der Waals surface area contributed by atoms with Crippen molar-refractivity contribution in [2.75, 3.05) is 13.1 Å². The summed E-state index contributed by atoms with van der Waals surface area (Å²) in [5.41, 5.74) is 5.76. The standard InChI is InChI=1S/C12H22N4O2S/c1-16-9-12(8-14-16)19(17,18)15-7-11-5-3-2-4-10(11)6-13/h8-11,15H,2-7,13H2,1H3. The van der Waals surface area contributed by atoms with E-state index >= 15 is 0 Å². The molecule has 1 aromatic heterocycles. The molecule has 108 valence electrons. The second-order valence-corrected chi connectivity index (χ2v) is 7.01. The molecule has 1 aliphatic carbocycles. The maximum absolute atomic E-state index is 12.1. The molecule has 2 unspecified atom stereocenters. The van der Waals surface area contributed by atoms with Gasteiger partial charge < -0.3 is 5.73 Å². The lowest BCUT2D eigenvalue weighted by molar-refractivity contribution is 0.244. The van der Waals surface area contributed by atoms with Gasteiger partial charge in [0.05, 0.1) is 6.20 Å². The Bertz CT molecular complexity index is 512. The monoisotopic (exact) mass is 286 g/mol. The number of hydrogen-bond donors (Lipinski definition) is 2. The third-order valence-corrected chi connectivity index (χ3v) is 5.27. The van der Waals surface area contributed by atoms with E-state index in [0.717, 1.165) is 19.3 Å². The molecule has 0 amide bonds. The van der Waals surface area contributed by atoms with Gasteiger partial charge in [0.2, 0.25) is 10.0 Å². The normalized spacial score (nSPS) is 24.5. The molecule has 7 heteroatoms. The Morgan fingerprint density at radius 1 is 1.42 bits per heavy atom. The fourth-order valence-corrected chi connectivity index (χ4v) is 3.78. The highest BCUT2D eigenvalue weighted by atomic mass is 32.2. The van der Waals surface area contributed by atoms with Gasteiger partial charge in [-0.15, -0.1) is 0 Å². The highest BCUT2D eigenvalue weighted by molar-refractivity contribution is 7.89. The van der Waals surface area contributed by atoms with Gasteiger partial charge in [0.1, 0.15) is 4.90 Å². The molecule has 2 rings (SSSR count). The van der Waals surface area contributed by atoms with Crippen LogP contribution in [0.1, 0.15) is 25.7 Å². The van der Waals surface area contributed by atoms with Crippen molar-refractivity contribution in [1.29, 1.82) is 0 Å². The van der Waals surface area contributed by atoms with Gasteiger partial charge in [-0.25, -0.2) is 13.1 Å². The van der Waals surface area contributed by atoms with Crippen molar-refractivity contribution in [3.8, 4) is 0 Å². The zero-order chi connectivity index (χ0) is 13.9. The zero-order valence-corrected chi connectivity index (χ0v) is 12.1. The molecule has 6 nitrogen and oxygen atoms in total. The maximum Gasteiger partial charge on any atom is 0.243 e. The first kappa shape index (κ1) is 14.5. The predicted molar refractivity (Wildman–Crippen MR) is 72.9 cm³/mol. The largest absolute Gasteiger partial charge is 0.330 e. The van der Waals surface area contributed by atoms with Gasteiger partial charge in [-0.3, -0.25) is 4.68 Å². The van der Waals surface area contributed by atoms with E-state index in [1.807, 2.05) is 0 Å². The number of sulfonamides is 1. The zero-order valence-electron chi connectivity index (χ0n) is 11.2. The second-order valence-electron chi connectivity index (χ2n) is 5.24. The molecule has 0 spiro atoms. The minimum atomic E-state index is -3.44. The van der Waals surface area contributed by atoms with Gasteiger partial charge in [-0.2, -0.15) is 5.10 Å². The Morgan fingerprint density at radius 3 is 2.68 bits per heavy atom. The molecule has 1 heterocycles. The van der Waals surface area contributed by atoms with Crippen LogP contribution in [0.15, 0.2) is 17.3 Å².